The van der Waals surface area contributed by atoms with Gasteiger partial charge in [0.15, 0.2) is 0 Å². The average Bonchev–Trinajstić information content (AvgIpc) is 3.01. The van der Waals surface area contributed by atoms with Crippen LogP contribution < -0.4 is 16.0 Å². The second-order valence-corrected chi connectivity index (χ2v) is 7.66. The van der Waals surface area contributed by atoms with E-state index in [1.807, 2.05) is 109 Å². The maximum Gasteiger partial charge on any atom is 0.131 e. The zero-order valence-electron chi connectivity index (χ0n) is 21.4. The zero-order chi connectivity index (χ0) is 26.8. The van der Waals surface area contributed by atoms with Crippen LogP contribution in [0.4, 0.5) is 34.9 Å². The Hall–Kier alpha value is -5.19. The molecule has 6 rings (SSSR count). The Morgan fingerprint density at radius 1 is 0.275 bits per heavy atom. The van der Waals surface area contributed by atoms with Crippen LogP contribution in [0.25, 0.3) is 0 Å². The molecule has 6 heterocycles. The third kappa shape index (κ3) is 11.0. The summed E-state index contributed by atoms with van der Waals surface area (Å²) in [4.78, 5) is 24.7. The molecule has 0 saturated heterocycles. The molecule has 0 aliphatic rings. The second-order valence-electron chi connectivity index (χ2n) is 7.66. The average molecular weight is 573 g/mol. The maximum absolute atomic E-state index is 4.12. The number of hydrogen-bond donors (Lipinski definition) is 3. The molecule has 6 aromatic heterocycles. The first-order valence-electron chi connectivity index (χ1n) is 12.1. The van der Waals surface area contributed by atoms with Crippen molar-refractivity contribution in [2.45, 2.75) is 0 Å². The molecule has 0 aromatic carbocycles. The molecule has 0 amide bonds. The largest absolute Gasteiger partial charge is 0.325 e. The molecule has 0 atom stereocenters. The summed E-state index contributed by atoms with van der Waals surface area (Å²) in [5, 5.41) is 9.24. The maximum atomic E-state index is 4.12. The van der Waals surface area contributed by atoms with Gasteiger partial charge in [-0.15, -0.1) is 0 Å². The fraction of sp³-hybridized carbons (Fsp3) is 0. The number of hydrogen-bond acceptors (Lipinski definition) is 9. The number of rotatable bonds is 6. The molecule has 0 aliphatic heterocycles. The van der Waals surface area contributed by atoms with Crippen molar-refractivity contribution in [3.8, 4) is 0 Å². The van der Waals surface area contributed by atoms with Gasteiger partial charge in [-0.2, -0.15) is 0 Å². The third-order valence-corrected chi connectivity index (χ3v) is 4.76. The Morgan fingerprint density at radius 3 is 0.575 bits per heavy atom. The number of aromatic nitrogens is 6. The minimum absolute atomic E-state index is 0. The van der Waals surface area contributed by atoms with Crippen LogP contribution in [0.1, 0.15) is 0 Å². The van der Waals surface area contributed by atoms with Gasteiger partial charge in [0.1, 0.15) is 34.9 Å². The molecule has 3 N–H and O–H groups in total. The number of nitrogens with one attached hydrogen (secondary N) is 3. The van der Waals surface area contributed by atoms with Gasteiger partial charge in [-0.3, -0.25) is 0 Å². The molecule has 1 radical (unpaired) electrons. The molecule has 40 heavy (non-hydrogen) atoms. The number of anilines is 6. The molecule has 6 aromatic rings. The molecule has 201 valence electrons. The summed E-state index contributed by atoms with van der Waals surface area (Å²) >= 11 is 0. The van der Waals surface area contributed by atoms with Gasteiger partial charge in [0.25, 0.3) is 0 Å². The Bertz CT molecular complexity index is 1150. The van der Waals surface area contributed by atoms with Crippen LogP contribution in [0.2, 0.25) is 0 Å². The van der Waals surface area contributed by atoms with E-state index >= 15 is 0 Å². The summed E-state index contributed by atoms with van der Waals surface area (Å²) in [7, 11) is 0. The standard InChI is InChI=1S/3C10H9N3.Co/c3*1-3-7-11-9(5-1)13-10-6-2-4-8-12-10;/h3*1-8H,(H,11,12,13);. The SMILES string of the molecule is [Co].c1ccc(Nc2ccccn2)nc1.c1ccc(Nc2ccccn2)nc1.c1ccc(Nc2ccccn2)nc1. The predicted octanol–water partition coefficient (Wildman–Crippen LogP) is 6.66. The van der Waals surface area contributed by atoms with E-state index in [1.165, 1.54) is 0 Å². The van der Waals surface area contributed by atoms with Crippen LogP contribution in [0.15, 0.2) is 146 Å². The Balaban J connectivity index is 0.000000163. The molecule has 0 bridgehead atoms. The van der Waals surface area contributed by atoms with E-state index in [0.717, 1.165) is 34.9 Å². The van der Waals surface area contributed by atoms with Gasteiger partial charge < -0.3 is 16.0 Å². The van der Waals surface area contributed by atoms with Crippen molar-refractivity contribution in [3.63, 3.8) is 0 Å². The van der Waals surface area contributed by atoms with E-state index < -0.39 is 0 Å². The zero-order valence-corrected chi connectivity index (χ0v) is 22.4. The van der Waals surface area contributed by atoms with Crippen LogP contribution in [0, 0.1) is 0 Å². The quantitative estimate of drug-likeness (QED) is 0.202. The van der Waals surface area contributed by atoms with Gasteiger partial charge in [-0.1, -0.05) is 36.4 Å². The van der Waals surface area contributed by atoms with Crippen molar-refractivity contribution < 1.29 is 16.8 Å². The van der Waals surface area contributed by atoms with E-state index in [4.69, 9.17) is 0 Å². The Morgan fingerprint density at radius 2 is 0.450 bits per heavy atom. The van der Waals surface area contributed by atoms with Crippen molar-refractivity contribution in [2.75, 3.05) is 16.0 Å². The van der Waals surface area contributed by atoms with Crippen LogP contribution in [-0.2, 0) is 16.8 Å². The fourth-order valence-electron chi connectivity index (χ4n) is 3.01. The van der Waals surface area contributed by atoms with E-state index in [2.05, 4.69) is 45.9 Å². The van der Waals surface area contributed by atoms with Crippen LogP contribution in [-0.4, -0.2) is 29.9 Å². The molecular formula is C30H27CoN9. The monoisotopic (exact) mass is 572 g/mol. The number of pyridine rings is 6. The van der Waals surface area contributed by atoms with Gasteiger partial charge in [0, 0.05) is 54.0 Å². The smallest absolute Gasteiger partial charge is 0.131 e. The fourth-order valence-corrected chi connectivity index (χ4v) is 3.01. The first kappa shape index (κ1) is 29.4. The summed E-state index contributed by atoms with van der Waals surface area (Å²) in [6.07, 6.45) is 10.4. The minimum Gasteiger partial charge on any atom is -0.325 e. The molecule has 9 nitrogen and oxygen atoms in total. The van der Waals surface area contributed by atoms with Crippen LogP contribution in [0.5, 0.6) is 0 Å². The van der Waals surface area contributed by atoms with Gasteiger partial charge in [-0.05, 0) is 72.8 Å². The molecule has 0 aliphatic carbocycles. The van der Waals surface area contributed by atoms with E-state index in [0.29, 0.717) is 0 Å². The molecular weight excluding hydrogens is 545 g/mol. The van der Waals surface area contributed by atoms with E-state index in [1.54, 1.807) is 37.2 Å². The van der Waals surface area contributed by atoms with Crippen LogP contribution in [0.3, 0.4) is 0 Å². The number of nitrogens with zero attached hydrogens (tertiary/aromatic N) is 6. The van der Waals surface area contributed by atoms with Gasteiger partial charge in [0.2, 0.25) is 0 Å². The molecule has 0 unspecified atom stereocenters. The summed E-state index contributed by atoms with van der Waals surface area (Å²) in [6.45, 7) is 0. The van der Waals surface area contributed by atoms with Gasteiger partial charge in [0.05, 0.1) is 0 Å². The Labute approximate surface area is 243 Å². The van der Waals surface area contributed by atoms with Gasteiger partial charge in [-0.25, -0.2) is 29.9 Å². The molecule has 0 fully saturated rings. The van der Waals surface area contributed by atoms with Gasteiger partial charge >= 0.3 is 0 Å². The topological polar surface area (TPSA) is 113 Å². The van der Waals surface area contributed by atoms with Crippen molar-refractivity contribution in [2.24, 2.45) is 0 Å². The first-order chi connectivity index (χ1) is 19.3. The van der Waals surface area contributed by atoms with Crippen molar-refractivity contribution in [1.29, 1.82) is 0 Å². The summed E-state index contributed by atoms with van der Waals surface area (Å²) in [5.74, 6) is 4.84. The minimum atomic E-state index is 0. The molecule has 0 spiro atoms. The first-order valence-corrected chi connectivity index (χ1v) is 12.1. The summed E-state index contributed by atoms with van der Waals surface area (Å²) in [5.41, 5.74) is 0. The third-order valence-electron chi connectivity index (χ3n) is 4.76. The normalized spacial score (nSPS) is 9.30. The van der Waals surface area contributed by atoms with Crippen molar-refractivity contribution in [3.05, 3.63) is 146 Å². The molecule has 0 saturated carbocycles. The Kier molecular flexibility index (Phi) is 12.7. The summed E-state index contributed by atoms with van der Waals surface area (Å²) < 4.78 is 0. The van der Waals surface area contributed by atoms with Crippen molar-refractivity contribution >= 4 is 34.9 Å². The van der Waals surface area contributed by atoms with E-state index in [-0.39, 0.29) is 16.8 Å². The van der Waals surface area contributed by atoms with Crippen molar-refractivity contribution in [1.82, 2.24) is 29.9 Å². The second kappa shape index (κ2) is 17.3. The van der Waals surface area contributed by atoms with Crippen LogP contribution >= 0.6 is 0 Å². The van der Waals surface area contributed by atoms with E-state index in [9.17, 15) is 0 Å². The predicted molar refractivity (Wildman–Crippen MR) is 155 cm³/mol. The summed E-state index contributed by atoms with van der Waals surface area (Å²) in [6, 6.07) is 34.2. The molecule has 10 heteroatoms.